The first-order valence-electron chi connectivity index (χ1n) is 23.5. The molecule has 0 saturated carbocycles. The Hall–Kier alpha value is -6.63. The van der Waals surface area contributed by atoms with Gasteiger partial charge in [0.15, 0.2) is 45.6 Å². The molecule has 4 aliphatic rings. The van der Waals surface area contributed by atoms with Crippen molar-refractivity contribution >= 4 is 63.7 Å². The molecule has 4 saturated heterocycles. The van der Waals surface area contributed by atoms with Crippen molar-refractivity contribution in [3.05, 3.63) is 24.8 Å². The minimum Gasteiger partial charge on any atom is -0.387 e. The topological polar surface area (TPSA) is 275 Å². The lowest BCUT2D eigenvalue weighted by Gasteiger charge is -2.35. The fourth-order valence-corrected chi connectivity index (χ4v) is 8.78. The number of hydrogen-bond donors (Lipinski definition) is 4. The fourth-order valence-electron chi connectivity index (χ4n) is 8.78. The number of ether oxygens (including phenoxy) is 2. The van der Waals surface area contributed by atoms with Gasteiger partial charge in [0, 0.05) is 116 Å². The molecule has 0 unspecified atom stereocenters. The molecule has 68 heavy (non-hydrogen) atoms. The highest BCUT2D eigenvalue weighted by atomic mass is 16.5. The second kappa shape index (κ2) is 20.7. The maximum atomic E-state index is 12.0. The van der Waals surface area contributed by atoms with E-state index in [4.69, 9.17) is 50.8 Å². The van der Waals surface area contributed by atoms with Gasteiger partial charge in [-0.3, -0.25) is 13.9 Å². The van der Waals surface area contributed by atoms with Crippen LogP contribution in [0.1, 0.15) is 27.7 Å². The molecule has 4 fully saturated rings. The van der Waals surface area contributed by atoms with E-state index >= 15 is 0 Å². The Morgan fingerprint density at radius 3 is 1.40 bits per heavy atom. The highest BCUT2D eigenvalue weighted by Gasteiger charge is 2.30. The number of imidazole rings is 2. The van der Waals surface area contributed by atoms with E-state index in [2.05, 4.69) is 81.7 Å². The number of anilines is 6. The van der Waals surface area contributed by atoms with E-state index in [0.29, 0.717) is 94.7 Å². The van der Waals surface area contributed by atoms with Gasteiger partial charge in [0.25, 0.3) is 0 Å². The minimum atomic E-state index is -0.470. The van der Waals surface area contributed by atoms with E-state index in [1.807, 2.05) is 0 Å². The molecule has 0 aliphatic carbocycles. The maximum absolute atomic E-state index is 12.0. The maximum Gasteiger partial charge on any atom is 0.248 e. The third kappa shape index (κ3) is 10.1. The number of carbonyl (C=O) groups excluding carboxylic acids is 1. The van der Waals surface area contributed by atoms with Gasteiger partial charge >= 0.3 is 0 Å². The van der Waals surface area contributed by atoms with Crippen LogP contribution in [0.2, 0.25) is 0 Å². The van der Waals surface area contributed by atoms with Crippen LogP contribution in [0.25, 0.3) is 45.1 Å². The summed E-state index contributed by atoms with van der Waals surface area (Å²) >= 11 is 0. The summed E-state index contributed by atoms with van der Waals surface area (Å²) in [5.41, 5.74) is 16.0. The molecule has 4 aliphatic heterocycles. The summed E-state index contributed by atoms with van der Waals surface area (Å²) in [4.78, 5) is 69.1. The van der Waals surface area contributed by atoms with Crippen LogP contribution in [0.15, 0.2) is 24.8 Å². The highest BCUT2D eigenvalue weighted by molar-refractivity contribution is 5.89. The van der Waals surface area contributed by atoms with Gasteiger partial charge in [0.05, 0.1) is 37.6 Å². The summed E-state index contributed by atoms with van der Waals surface area (Å²) in [7, 11) is 0. The summed E-state index contributed by atoms with van der Waals surface area (Å²) in [6, 6.07) is 0. The van der Waals surface area contributed by atoms with Crippen LogP contribution in [-0.4, -0.2) is 186 Å². The Kier molecular flexibility index (Phi) is 14.2. The number of nitrogen functional groups attached to an aromatic ring is 2. The average molecular weight is 935 g/mol. The summed E-state index contributed by atoms with van der Waals surface area (Å²) in [6.07, 6.45) is 6.61. The van der Waals surface area contributed by atoms with Gasteiger partial charge in [-0.25, -0.2) is 49.8 Å². The lowest BCUT2D eigenvalue weighted by Crippen LogP contribution is -2.50. The molecule has 362 valence electrons. The molecule has 10 rings (SSSR count). The number of nitrogens with two attached hydrogens (primary N) is 2. The summed E-state index contributed by atoms with van der Waals surface area (Å²) < 4.78 is 15.6. The Balaban J connectivity index is 0.000000171. The second-order valence-corrected chi connectivity index (χ2v) is 18.0. The van der Waals surface area contributed by atoms with E-state index in [1.54, 1.807) is 29.7 Å². The van der Waals surface area contributed by atoms with Crippen LogP contribution >= 0.6 is 0 Å². The number of piperazine rings is 2. The zero-order chi connectivity index (χ0) is 47.3. The smallest absolute Gasteiger partial charge is 0.248 e. The molecule has 6 aromatic rings. The molecule has 1 amide bonds. The van der Waals surface area contributed by atoms with E-state index < -0.39 is 6.61 Å². The molecule has 24 heteroatoms. The first kappa shape index (κ1) is 46.5. The Labute approximate surface area is 394 Å². The van der Waals surface area contributed by atoms with Gasteiger partial charge < -0.3 is 55.9 Å². The number of nitrogens with one attached hydrogen (secondary N) is 1. The van der Waals surface area contributed by atoms with Crippen LogP contribution in [0.4, 0.5) is 35.4 Å². The molecule has 10 heterocycles. The molecular weight excluding hydrogens is 873 g/mol. The lowest BCUT2D eigenvalue weighted by atomic mass is 10.2. The molecular formula is C44H62N20O4. The Bertz CT molecular complexity index is 2650. The van der Waals surface area contributed by atoms with Crippen molar-refractivity contribution < 1.29 is 19.4 Å². The number of aromatic nitrogens is 12. The van der Waals surface area contributed by atoms with Crippen LogP contribution in [0.5, 0.6) is 0 Å². The summed E-state index contributed by atoms with van der Waals surface area (Å²) in [5, 5.41) is 12.7. The molecule has 0 bridgehead atoms. The molecule has 0 radical (unpaired) electrons. The number of aliphatic hydroxyl groups is 1. The molecule has 0 atom stereocenters. The van der Waals surface area contributed by atoms with Crippen LogP contribution < -0.4 is 36.4 Å². The van der Waals surface area contributed by atoms with Gasteiger partial charge in [-0.15, -0.1) is 0 Å². The normalized spacial score (nSPS) is 17.1. The summed E-state index contributed by atoms with van der Waals surface area (Å²) in [6.45, 7) is 21.4. The van der Waals surface area contributed by atoms with Crippen molar-refractivity contribution in [3.63, 3.8) is 0 Å². The molecule has 0 aromatic carbocycles. The Morgan fingerprint density at radius 2 is 1.00 bits per heavy atom. The predicted molar refractivity (Wildman–Crippen MR) is 258 cm³/mol. The van der Waals surface area contributed by atoms with Crippen molar-refractivity contribution in [1.82, 2.24) is 69.2 Å². The average Bonchev–Trinajstić information content (AvgIpc) is 3.91. The third-order valence-corrected chi connectivity index (χ3v) is 12.1. The third-order valence-electron chi connectivity index (χ3n) is 12.1. The molecule has 0 spiro atoms. The Morgan fingerprint density at radius 1 is 0.588 bits per heavy atom. The number of carbonyl (C=O) groups is 1. The number of fused-ring (bicyclic) bond motifs is 2. The van der Waals surface area contributed by atoms with E-state index in [0.717, 1.165) is 104 Å². The zero-order valence-corrected chi connectivity index (χ0v) is 39.3. The number of morpholine rings is 2. The standard InChI is InChI=1S/C23H32N10O3.C21H30N10O/c1-15(2)13-33-21-18(27-23(33)32-5-3-30(4-6-32)17(35)14-34)20(31-7-9-36-10-8-31)28-19(29-21)16-11-25-22(24)26-12-16;1-14(2)13-31-19-16(26-21(31)30-5-3-23-4-6-30)18(29-7-9-32-10-8-29)27-17(28-19)15-11-24-20(22)25-12-15/h11-12,15,34H,3-10,13-14H2,1-2H3,(H2,24,25,26);11-12,14,23H,3-10,13H2,1-2H3,(H2,22,24,25). The van der Waals surface area contributed by atoms with Crippen molar-refractivity contribution in [3.8, 4) is 22.8 Å². The largest absolute Gasteiger partial charge is 0.387 e. The highest BCUT2D eigenvalue weighted by Crippen LogP contribution is 2.34. The van der Waals surface area contributed by atoms with Crippen molar-refractivity contribution in [2.24, 2.45) is 11.8 Å². The number of hydrogen-bond acceptors (Lipinski definition) is 21. The van der Waals surface area contributed by atoms with Crippen LogP contribution in [0.3, 0.4) is 0 Å². The van der Waals surface area contributed by atoms with Crippen molar-refractivity contribution in [2.45, 2.75) is 40.8 Å². The molecule has 6 N–H and O–H groups in total. The van der Waals surface area contributed by atoms with Crippen molar-refractivity contribution in [2.75, 3.05) is 143 Å². The number of rotatable bonds is 11. The summed E-state index contributed by atoms with van der Waals surface area (Å²) in [5.74, 6) is 5.43. The van der Waals surface area contributed by atoms with E-state index in [-0.39, 0.29) is 17.8 Å². The quantitative estimate of drug-likeness (QED) is 0.140. The fraction of sp³-hybridized carbons (Fsp3) is 0.568. The monoisotopic (exact) mass is 935 g/mol. The first-order valence-corrected chi connectivity index (χ1v) is 23.5. The molecule has 24 nitrogen and oxygen atoms in total. The van der Waals surface area contributed by atoms with Crippen molar-refractivity contribution in [1.29, 1.82) is 0 Å². The van der Waals surface area contributed by atoms with Gasteiger partial charge in [-0.2, -0.15) is 0 Å². The van der Waals surface area contributed by atoms with Crippen LogP contribution in [-0.2, 0) is 27.4 Å². The second-order valence-electron chi connectivity index (χ2n) is 18.0. The van der Waals surface area contributed by atoms with E-state index in [1.165, 1.54) is 0 Å². The number of amides is 1. The van der Waals surface area contributed by atoms with Gasteiger partial charge in [0.2, 0.25) is 29.7 Å². The first-order chi connectivity index (χ1) is 33.0. The van der Waals surface area contributed by atoms with Gasteiger partial charge in [0.1, 0.15) is 6.61 Å². The van der Waals surface area contributed by atoms with E-state index in [9.17, 15) is 9.90 Å². The lowest BCUT2D eigenvalue weighted by molar-refractivity contribution is -0.134. The van der Waals surface area contributed by atoms with Gasteiger partial charge in [-0.05, 0) is 11.8 Å². The minimum absolute atomic E-state index is 0.194. The molecule has 6 aromatic heterocycles. The zero-order valence-electron chi connectivity index (χ0n) is 39.3. The predicted octanol–water partition coefficient (Wildman–Crippen LogP) is 0.767. The van der Waals surface area contributed by atoms with Gasteiger partial charge in [-0.1, -0.05) is 27.7 Å². The number of aliphatic hydroxyl groups excluding tert-OH is 1. The van der Waals surface area contributed by atoms with Crippen LogP contribution in [0, 0.1) is 11.8 Å². The number of nitrogens with zero attached hydrogens (tertiary/aromatic N) is 17. The SMILES string of the molecule is CC(C)Cn1c(N2CCN(C(=O)CO)CC2)nc2c(N3CCOCC3)nc(-c3cnc(N)nc3)nc21.CC(C)Cn1c(N2CCNCC2)nc2c(N3CCOCC3)nc(-c3cnc(N)nc3)nc21.